The fraction of sp³-hybridized carbons (Fsp3) is 0.286. The van der Waals surface area contributed by atoms with E-state index in [4.69, 9.17) is 13.9 Å². The van der Waals surface area contributed by atoms with Crippen molar-refractivity contribution in [1.29, 1.82) is 0 Å². The molecule has 3 aromatic rings. The average molecular weight is 352 g/mol. The van der Waals surface area contributed by atoms with Crippen LogP contribution in [0.15, 0.2) is 57.7 Å². The molecule has 5 nitrogen and oxygen atoms in total. The summed E-state index contributed by atoms with van der Waals surface area (Å²) in [5.41, 5.74) is 2.50. The van der Waals surface area contributed by atoms with Gasteiger partial charge < -0.3 is 19.2 Å². The van der Waals surface area contributed by atoms with E-state index in [1.54, 1.807) is 6.07 Å². The lowest BCUT2D eigenvalue weighted by Crippen LogP contribution is -2.85. The molecule has 4 rings (SSSR count). The summed E-state index contributed by atoms with van der Waals surface area (Å²) in [4.78, 5) is 11.9. The van der Waals surface area contributed by atoms with Gasteiger partial charge in [-0.1, -0.05) is 31.2 Å². The molecule has 2 N–H and O–H groups in total. The van der Waals surface area contributed by atoms with E-state index in [0.717, 1.165) is 41.0 Å². The van der Waals surface area contributed by atoms with E-state index in [9.17, 15) is 4.79 Å². The minimum Gasteiger partial charge on any atom is -0.486 e. The zero-order chi connectivity index (χ0) is 17.9. The number of rotatable bonds is 5. The first-order valence-electron chi connectivity index (χ1n) is 8.98. The zero-order valence-electron chi connectivity index (χ0n) is 14.7. The van der Waals surface area contributed by atoms with Crippen LogP contribution in [-0.4, -0.2) is 19.3 Å². The number of para-hydroxylation sites is 2. The molecular weight excluding hydrogens is 330 g/mol. The summed E-state index contributed by atoms with van der Waals surface area (Å²) in [6.07, 6.45) is 0.902. The Morgan fingerprint density at radius 3 is 2.81 bits per heavy atom. The van der Waals surface area contributed by atoms with Crippen molar-refractivity contribution in [2.24, 2.45) is 0 Å². The predicted molar refractivity (Wildman–Crippen MR) is 98.7 cm³/mol. The molecule has 0 bridgehead atoms. The second-order valence-corrected chi connectivity index (χ2v) is 6.50. The van der Waals surface area contributed by atoms with Crippen LogP contribution in [0.25, 0.3) is 11.0 Å². The number of hydrogen-bond donors (Lipinski definition) is 1. The van der Waals surface area contributed by atoms with E-state index in [0.29, 0.717) is 18.7 Å². The molecule has 2 heterocycles. The molecule has 0 spiro atoms. The molecule has 0 aliphatic carbocycles. The number of ether oxygens (including phenoxy) is 2. The minimum atomic E-state index is -0.305. The Morgan fingerprint density at radius 2 is 1.96 bits per heavy atom. The second kappa shape index (κ2) is 7.22. The van der Waals surface area contributed by atoms with Gasteiger partial charge in [-0.15, -0.1) is 0 Å². The quantitative estimate of drug-likeness (QED) is 0.716. The lowest BCUT2D eigenvalue weighted by atomic mass is 10.1. The molecule has 1 aliphatic rings. The molecule has 0 amide bonds. The highest BCUT2D eigenvalue weighted by Gasteiger charge is 2.22. The predicted octanol–water partition coefficient (Wildman–Crippen LogP) is 2.26. The molecule has 0 saturated carbocycles. The molecule has 1 aromatic heterocycles. The van der Waals surface area contributed by atoms with Crippen LogP contribution in [0.2, 0.25) is 0 Å². The maximum atomic E-state index is 11.9. The number of quaternary nitrogens is 1. The molecule has 0 saturated heterocycles. The number of benzene rings is 2. The Labute approximate surface area is 151 Å². The third-order valence-electron chi connectivity index (χ3n) is 4.66. The molecule has 2 aromatic carbocycles. The highest BCUT2D eigenvalue weighted by atomic mass is 16.6. The van der Waals surface area contributed by atoms with E-state index >= 15 is 0 Å². The minimum absolute atomic E-state index is 0.0111. The van der Waals surface area contributed by atoms with E-state index in [1.807, 2.05) is 36.4 Å². The monoisotopic (exact) mass is 352 g/mol. The number of hydrogen-bond acceptors (Lipinski definition) is 4. The standard InChI is InChI=1S/C21H21NO4/c1-2-14-7-8-17-15(10-21(23)26-20(17)9-14)11-22-12-16-13-24-18-5-3-4-6-19(18)25-16/h3-10,16,22H,2,11-13H2,1H3/p+1/t16-/m0/s1. The van der Waals surface area contributed by atoms with Crippen LogP contribution in [0.4, 0.5) is 0 Å². The van der Waals surface area contributed by atoms with Gasteiger partial charge in [0, 0.05) is 17.0 Å². The topological polar surface area (TPSA) is 65.3 Å². The molecule has 0 radical (unpaired) electrons. The Hall–Kier alpha value is -2.79. The lowest BCUT2D eigenvalue weighted by Gasteiger charge is -2.25. The molecule has 0 fully saturated rings. The normalized spacial score (nSPS) is 16.0. The largest absolute Gasteiger partial charge is 0.486 e. The molecule has 5 heteroatoms. The Bertz CT molecular complexity index is 979. The van der Waals surface area contributed by atoms with Gasteiger partial charge in [-0.2, -0.15) is 0 Å². The van der Waals surface area contributed by atoms with Crippen molar-refractivity contribution in [2.75, 3.05) is 13.2 Å². The Balaban J connectivity index is 1.44. The molecular formula is C21H22NO4+. The van der Waals surface area contributed by atoms with Gasteiger partial charge >= 0.3 is 5.63 Å². The first-order valence-corrected chi connectivity index (χ1v) is 8.98. The average Bonchev–Trinajstić information content (AvgIpc) is 2.67. The van der Waals surface area contributed by atoms with Crippen LogP contribution in [0.3, 0.4) is 0 Å². The first-order chi connectivity index (χ1) is 12.7. The van der Waals surface area contributed by atoms with Gasteiger partial charge in [-0.05, 0) is 30.2 Å². The maximum Gasteiger partial charge on any atom is 0.336 e. The van der Waals surface area contributed by atoms with Crippen molar-refractivity contribution in [1.82, 2.24) is 0 Å². The van der Waals surface area contributed by atoms with Gasteiger partial charge in [-0.25, -0.2) is 4.79 Å². The molecule has 0 unspecified atom stereocenters. The molecule has 1 atom stereocenters. The van der Waals surface area contributed by atoms with Crippen molar-refractivity contribution < 1.29 is 19.2 Å². The van der Waals surface area contributed by atoms with Crippen molar-refractivity contribution in [3.8, 4) is 11.5 Å². The van der Waals surface area contributed by atoms with Crippen LogP contribution in [0.5, 0.6) is 11.5 Å². The molecule has 1 aliphatic heterocycles. The fourth-order valence-corrected chi connectivity index (χ4v) is 3.27. The van der Waals surface area contributed by atoms with Crippen LogP contribution in [0.1, 0.15) is 18.1 Å². The van der Waals surface area contributed by atoms with Gasteiger partial charge in [0.15, 0.2) is 17.6 Å². The van der Waals surface area contributed by atoms with Crippen molar-refractivity contribution >= 4 is 11.0 Å². The summed E-state index contributed by atoms with van der Waals surface area (Å²) < 4.78 is 17.1. The van der Waals surface area contributed by atoms with Crippen molar-refractivity contribution in [3.63, 3.8) is 0 Å². The highest BCUT2D eigenvalue weighted by molar-refractivity contribution is 5.80. The van der Waals surface area contributed by atoms with Gasteiger partial charge in [-0.3, -0.25) is 0 Å². The third kappa shape index (κ3) is 3.44. The number of aryl methyl sites for hydroxylation is 1. The van der Waals surface area contributed by atoms with E-state index in [1.165, 1.54) is 0 Å². The van der Waals surface area contributed by atoms with Crippen LogP contribution in [0, 0.1) is 0 Å². The third-order valence-corrected chi connectivity index (χ3v) is 4.66. The highest BCUT2D eigenvalue weighted by Crippen LogP contribution is 2.30. The maximum absolute atomic E-state index is 11.9. The van der Waals surface area contributed by atoms with Gasteiger partial charge in [0.1, 0.15) is 25.3 Å². The summed E-state index contributed by atoms with van der Waals surface area (Å²) in [5.74, 6) is 1.58. The van der Waals surface area contributed by atoms with Crippen LogP contribution < -0.4 is 20.4 Å². The van der Waals surface area contributed by atoms with Crippen molar-refractivity contribution in [3.05, 3.63) is 70.1 Å². The summed E-state index contributed by atoms with van der Waals surface area (Å²) >= 11 is 0. The Kier molecular flexibility index (Phi) is 4.63. The summed E-state index contributed by atoms with van der Waals surface area (Å²) in [6.45, 7) is 4.06. The SMILES string of the molecule is CCc1ccc2c(C[NH2+]C[C@H]3COc4ccccc4O3)cc(=O)oc2c1. The summed E-state index contributed by atoms with van der Waals surface area (Å²) in [5, 5.41) is 3.13. The van der Waals surface area contributed by atoms with Gasteiger partial charge in [0.25, 0.3) is 0 Å². The summed E-state index contributed by atoms with van der Waals surface area (Å²) in [6, 6.07) is 15.4. The van der Waals surface area contributed by atoms with Gasteiger partial charge in [0.2, 0.25) is 0 Å². The molecule has 26 heavy (non-hydrogen) atoms. The second-order valence-electron chi connectivity index (χ2n) is 6.50. The zero-order valence-corrected chi connectivity index (χ0v) is 14.7. The first kappa shape index (κ1) is 16.7. The number of fused-ring (bicyclic) bond motifs is 2. The van der Waals surface area contributed by atoms with E-state index in [2.05, 4.69) is 18.3 Å². The van der Waals surface area contributed by atoms with E-state index < -0.39 is 0 Å². The smallest absolute Gasteiger partial charge is 0.336 e. The van der Waals surface area contributed by atoms with Crippen LogP contribution >= 0.6 is 0 Å². The van der Waals surface area contributed by atoms with Gasteiger partial charge in [0.05, 0.1) is 0 Å². The summed E-state index contributed by atoms with van der Waals surface area (Å²) in [7, 11) is 0. The molecule has 134 valence electrons. The number of nitrogens with two attached hydrogens (primary N) is 1. The lowest BCUT2D eigenvalue weighted by molar-refractivity contribution is -0.675. The van der Waals surface area contributed by atoms with E-state index in [-0.39, 0.29) is 11.7 Å². The van der Waals surface area contributed by atoms with Crippen LogP contribution in [-0.2, 0) is 13.0 Å². The fourth-order valence-electron chi connectivity index (χ4n) is 3.27. The van der Waals surface area contributed by atoms with Crippen molar-refractivity contribution in [2.45, 2.75) is 26.0 Å². The Morgan fingerprint density at radius 1 is 1.12 bits per heavy atom.